The van der Waals surface area contributed by atoms with Gasteiger partial charge in [0, 0.05) is 25.7 Å². The summed E-state index contributed by atoms with van der Waals surface area (Å²) in [5.74, 6) is -0.197. The molecule has 0 aliphatic heterocycles. The highest BCUT2D eigenvalue weighted by Gasteiger charge is 2.09. The van der Waals surface area contributed by atoms with Crippen LogP contribution in [-0.4, -0.2) is 30.3 Å². The van der Waals surface area contributed by atoms with Gasteiger partial charge < -0.3 is 16.0 Å². The topological polar surface area (TPSA) is 75.4 Å². The molecule has 5 heteroatoms. The molecule has 0 spiro atoms. The van der Waals surface area contributed by atoms with E-state index in [0.717, 1.165) is 22.3 Å². The number of rotatable bonds is 7. The molecule has 3 aromatic rings. The van der Waals surface area contributed by atoms with Crippen molar-refractivity contribution < 1.29 is 9.59 Å². The standard InChI is InChI=1S/C24H25N3O2/c1-27(23(28)15-25)17-19-8-5-9-22(14-19)20-10-12-21(13-11-20)24(29)26-16-18-6-3-2-4-7-18/h2-14H,15-17,25H2,1H3,(H,26,29). The van der Waals surface area contributed by atoms with Crippen LogP contribution >= 0.6 is 0 Å². The van der Waals surface area contributed by atoms with Gasteiger partial charge in [0.05, 0.1) is 6.54 Å². The lowest BCUT2D eigenvalue weighted by Crippen LogP contribution is -2.32. The highest BCUT2D eigenvalue weighted by atomic mass is 16.2. The van der Waals surface area contributed by atoms with Crippen molar-refractivity contribution in [3.63, 3.8) is 0 Å². The minimum atomic E-state index is -0.101. The first kappa shape index (κ1) is 20.3. The van der Waals surface area contributed by atoms with Crippen LogP contribution in [0.15, 0.2) is 78.9 Å². The summed E-state index contributed by atoms with van der Waals surface area (Å²) < 4.78 is 0. The van der Waals surface area contributed by atoms with E-state index in [1.807, 2.05) is 78.9 Å². The maximum atomic E-state index is 12.4. The van der Waals surface area contributed by atoms with Gasteiger partial charge >= 0.3 is 0 Å². The van der Waals surface area contributed by atoms with Gasteiger partial charge in [0.15, 0.2) is 0 Å². The number of nitrogens with zero attached hydrogens (tertiary/aromatic N) is 1. The number of nitrogens with one attached hydrogen (secondary N) is 1. The molecule has 0 fully saturated rings. The Morgan fingerprint density at radius 2 is 1.55 bits per heavy atom. The first-order valence-corrected chi connectivity index (χ1v) is 9.52. The van der Waals surface area contributed by atoms with Crippen LogP contribution in [0.1, 0.15) is 21.5 Å². The van der Waals surface area contributed by atoms with Crippen molar-refractivity contribution in [3.8, 4) is 11.1 Å². The number of likely N-dealkylation sites (N-methyl/N-ethyl adjacent to an activating group) is 1. The van der Waals surface area contributed by atoms with Crippen molar-refractivity contribution in [3.05, 3.63) is 95.6 Å². The molecule has 0 saturated heterocycles. The molecule has 0 bridgehead atoms. The summed E-state index contributed by atoms with van der Waals surface area (Å²) in [4.78, 5) is 25.7. The van der Waals surface area contributed by atoms with E-state index in [9.17, 15) is 9.59 Å². The summed E-state index contributed by atoms with van der Waals surface area (Å²) in [6, 6.07) is 25.3. The maximum absolute atomic E-state index is 12.4. The lowest BCUT2D eigenvalue weighted by molar-refractivity contribution is -0.128. The van der Waals surface area contributed by atoms with Crippen LogP contribution in [0.3, 0.4) is 0 Å². The van der Waals surface area contributed by atoms with Crippen LogP contribution in [0.5, 0.6) is 0 Å². The van der Waals surface area contributed by atoms with Gasteiger partial charge in [-0.25, -0.2) is 0 Å². The molecular weight excluding hydrogens is 362 g/mol. The van der Waals surface area contributed by atoms with E-state index in [1.165, 1.54) is 0 Å². The van der Waals surface area contributed by atoms with Crippen molar-refractivity contribution in [2.75, 3.05) is 13.6 Å². The Bertz CT molecular complexity index is 969. The largest absolute Gasteiger partial charge is 0.348 e. The molecular formula is C24H25N3O2. The number of amides is 2. The second-order valence-corrected chi connectivity index (χ2v) is 6.90. The fraction of sp³-hybridized carbons (Fsp3) is 0.167. The van der Waals surface area contributed by atoms with Crippen LogP contribution in [0.2, 0.25) is 0 Å². The first-order valence-electron chi connectivity index (χ1n) is 9.52. The average Bonchev–Trinajstić information content (AvgIpc) is 2.77. The van der Waals surface area contributed by atoms with Crippen LogP contribution in [0.4, 0.5) is 0 Å². The third-order valence-electron chi connectivity index (χ3n) is 4.72. The van der Waals surface area contributed by atoms with Crippen LogP contribution in [-0.2, 0) is 17.9 Å². The molecule has 148 valence electrons. The molecule has 0 heterocycles. The molecule has 0 unspecified atom stereocenters. The molecule has 2 amide bonds. The number of carbonyl (C=O) groups is 2. The minimum absolute atomic E-state index is 0.00396. The predicted molar refractivity (Wildman–Crippen MR) is 115 cm³/mol. The highest BCUT2D eigenvalue weighted by molar-refractivity contribution is 5.94. The summed E-state index contributed by atoms with van der Waals surface area (Å²) >= 11 is 0. The number of carbonyl (C=O) groups excluding carboxylic acids is 2. The Labute approximate surface area is 171 Å². The van der Waals surface area contributed by atoms with Gasteiger partial charge in [-0.15, -0.1) is 0 Å². The molecule has 3 N–H and O–H groups in total. The summed E-state index contributed by atoms with van der Waals surface area (Å²) in [5, 5.41) is 2.93. The highest BCUT2D eigenvalue weighted by Crippen LogP contribution is 2.21. The molecule has 0 radical (unpaired) electrons. The molecule has 29 heavy (non-hydrogen) atoms. The SMILES string of the molecule is CN(Cc1cccc(-c2ccc(C(=O)NCc3ccccc3)cc2)c1)C(=O)CN. The van der Waals surface area contributed by atoms with Gasteiger partial charge in [0.1, 0.15) is 0 Å². The van der Waals surface area contributed by atoms with E-state index < -0.39 is 0 Å². The molecule has 0 saturated carbocycles. The summed E-state index contributed by atoms with van der Waals surface area (Å²) in [5.41, 5.74) is 10.2. The fourth-order valence-corrected chi connectivity index (χ4v) is 3.06. The molecule has 0 aromatic heterocycles. The Balaban J connectivity index is 1.66. The van der Waals surface area contributed by atoms with Gasteiger partial charge in [0.25, 0.3) is 5.91 Å². The first-order chi connectivity index (χ1) is 14.1. The Morgan fingerprint density at radius 1 is 0.862 bits per heavy atom. The monoisotopic (exact) mass is 387 g/mol. The fourth-order valence-electron chi connectivity index (χ4n) is 3.06. The maximum Gasteiger partial charge on any atom is 0.251 e. The van der Waals surface area contributed by atoms with Gasteiger partial charge in [-0.2, -0.15) is 0 Å². The molecule has 5 nitrogen and oxygen atoms in total. The van der Waals surface area contributed by atoms with Crippen molar-refractivity contribution >= 4 is 11.8 Å². The molecule has 3 rings (SSSR count). The Kier molecular flexibility index (Phi) is 6.76. The number of benzene rings is 3. The van der Waals surface area contributed by atoms with E-state index in [1.54, 1.807) is 11.9 Å². The zero-order valence-corrected chi connectivity index (χ0v) is 16.5. The van der Waals surface area contributed by atoms with E-state index in [-0.39, 0.29) is 18.4 Å². The third kappa shape index (κ3) is 5.53. The van der Waals surface area contributed by atoms with Crippen LogP contribution in [0, 0.1) is 0 Å². The summed E-state index contributed by atoms with van der Waals surface area (Å²) in [7, 11) is 1.74. The zero-order valence-electron chi connectivity index (χ0n) is 16.5. The third-order valence-corrected chi connectivity index (χ3v) is 4.72. The summed E-state index contributed by atoms with van der Waals surface area (Å²) in [6.45, 7) is 1.01. The van der Waals surface area contributed by atoms with Gasteiger partial charge in [0.2, 0.25) is 5.91 Å². The average molecular weight is 387 g/mol. The molecule has 0 aliphatic rings. The molecule has 0 atom stereocenters. The van der Waals surface area contributed by atoms with Gasteiger partial charge in [-0.05, 0) is 40.5 Å². The zero-order chi connectivity index (χ0) is 20.6. The van der Waals surface area contributed by atoms with Crippen molar-refractivity contribution in [1.29, 1.82) is 0 Å². The van der Waals surface area contributed by atoms with E-state index in [0.29, 0.717) is 18.7 Å². The molecule has 3 aromatic carbocycles. The lowest BCUT2D eigenvalue weighted by Gasteiger charge is -2.16. The van der Waals surface area contributed by atoms with E-state index in [2.05, 4.69) is 5.32 Å². The van der Waals surface area contributed by atoms with Crippen molar-refractivity contribution in [1.82, 2.24) is 10.2 Å². The van der Waals surface area contributed by atoms with Gasteiger partial charge in [-0.3, -0.25) is 9.59 Å². The molecule has 0 aliphatic carbocycles. The predicted octanol–water partition coefficient (Wildman–Crippen LogP) is 3.20. The van der Waals surface area contributed by atoms with E-state index in [4.69, 9.17) is 5.73 Å². The Hall–Kier alpha value is -3.44. The van der Waals surface area contributed by atoms with Crippen molar-refractivity contribution in [2.24, 2.45) is 5.73 Å². The number of nitrogens with two attached hydrogens (primary N) is 1. The van der Waals surface area contributed by atoms with Gasteiger partial charge in [-0.1, -0.05) is 60.7 Å². The second-order valence-electron chi connectivity index (χ2n) is 6.90. The summed E-state index contributed by atoms with van der Waals surface area (Å²) in [6.07, 6.45) is 0. The Morgan fingerprint density at radius 3 is 2.24 bits per heavy atom. The van der Waals surface area contributed by atoms with Crippen LogP contribution in [0.25, 0.3) is 11.1 Å². The second kappa shape index (κ2) is 9.66. The minimum Gasteiger partial charge on any atom is -0.348 e. The van der Waals surface area contributed by atoms with Crippen molar-refractivity contribution in [2.45, 2.75) is 13.1 Å². The quantitative estimate of drug-likeness (QED) is 0.654. The lowest BCUT2D eigenvalue weighted by atomic mass is 10.0. The number of hydrogen-bond donors (Lipinski definition) is 2. The van der Waals surface area contributed by atoms with E-state index >= 15 is 0 Å². The smallest absolute Gasteiger partial charge is 0.251 e. The normalized spacial score (nSPS) is 10.4. The van der Waals surface area contributed by atoms with Crippen LogP contribution < -0.4 is 11.1 Å². The number of hydrogen-bond acceptors (Lipinski definition) is 3.